The molecular weight excluding hydrogens is 407 g/mol. The molecule has 0 spiro atoms. The highest BCUT2D eigenvalue weighted by Gasteiger charge is 2.47. The van der Waals surface area contributed by atoms with Crippen molar-refractivity contribution in [1.29, 1.82) is 0 Å². The normalized spacial score (nSPS) is 12.5. The minimum atomic E-state index is -4.74. The Morgan fingerprint density at radius 3 is 1.90 bits per heavy atom. The molecule has 31 heavy (non-hydrogen) atoms. The number of carboxylic acid groups (broad SMARTS) is 1. The smallest absolute Gasteiger partial charge is 0.413 e. The van der Waals surface area contributed by atoms with E-state index in [2.05, 4.69) is 0 Å². The summed E-state index contributed by atoms with van der Waals surface area (Å²) in [5.74, 6) is -1.95. The van der Waals surface area contributed by atoms with E-state index in [-0.39, 0.29) is 16.8 Å². The van der Waals surface area contributed by atoms with Crippen molar-refractivity contribution in [2.45, 2.75) is 12.2 Å². The molecule has 158 valence electrons. The zero-order valence-electron chi connectivity index (χ0n) is 16.2. The van der Waals surface area contributed by atoms with Crippen LogP contribution in [0.4, 0.5) is 18.9 Å². The molecule has 1 unspecified atom stereocenters. The standard InChI is InChI=1S/C24H18F3NO3/c25-24(26,27)22(18-7-3-1-4-8-18)28(23(31)19-9-5-2-6-10-19)20-14-11-17(12-15-20)13-16-21(29)30/h1-16,22H,(H,29,30)/b16-13+. The van der Waals surface area contributed by atoms with Gasteiger partial charge in [-0.25, -0.2) is 4.79 Å². The van der Waals surface area contributed by atoms with Crippen LogP contribution in [-0.2, 0) is 4.79 Å². The minimum absolute atomic E-state index is 0.0347. The maximum absolute atomic E-state index is 14.2. The number of alkyl halides is 3. The second-order valence-corrected chi connectivity index (χ2v) is 6.66. The van der Waals surface area contributed by atoms with Crippen molar-refractivity contribution in [1.82, 2.24) is 0 Å². The molecule has 0 radical (unpaired) electrons. The number of amides is 1. The van der Waals surface area contributed by atoms with Gasteiger partial charge in [0.25, 0.3) is 5.91 Å². The van der Waals surface area contributed by atoms with Gasteiger partial charge in [0.05, 0.1) is 0 Å². The Kier molecular flexibility index (Phi) is 6.55. The molecule has 0 fully saturated rings. The number of nitrogens with zero attached hydrogens (tertiary/aromatic N) is 1. The molecule has 7 heteroatoms. The molecular formula is C24H18F3NO3. The van der Waals surface area contributed by atoms with Crippen LogP contribution in [0.3, 0.4) is 0 Å². The Labute approximate surface area is 176 Å². The summed E-state index contributed by atoms with van der Waals surface area (Å²) in [5, 5.41) is 8.74. The zero-order valence-corrected chi connectivity index (χ0v) is 16.2. The molecule has 4 nitrogen and oxygen atoms in total. The fourth-order valence-electron chi connectivity index (χ4n) is 3.14. The van der Waals surface area contributed by atoms with Crippen molar-refractivity contribution >= 4 is 23.6 Å². The second kappa shape index (κ2) is 9.30. The molecule has 1 atom stereocenters. The largest absolute Gasteiger partial charge is 0.478 e. The number of carbonyl (C=O) groups is 2. The van der Waals surface area contributed by atoms with Gasteiger partial charge in [0, 0.05) is 17.3 Å². The summed E-state index contributed by atoms with van der Waals surface area (Å²) in [7, 11) is 0. The van der Waals surface area contributed by atoms with Crippen LogP contribution in [-0.4, -0.2) is 23.2 Å². The van der Waals surface area contributed by atoms with E-state index in [0.717, 1.165) is 11.0 Å². The molecule has 3 aromatic carbocycles. The predicted molar refractivity (Wildman–Crippen MR) is 112 cm³/mol. The number of hydrogen-bond donors (Lipinski definition) is 1. The molecule has 0 aliphatic carbocycles. The van der Waals surface area contributed by atoms with Crippen LogP contribution in [0.25, 0.3) is 6.08 Å². The van der Waals surface area contributed by atoms with Gasteiger partial charge in [0.2, 0.25) is 0 Å². The zero-order chi connectivity index (χ0) is 22.4. The van der Waals surface area contributed by atoms with Crippen LogP contribution < -0.4 is 4.90 Å². The van der Waals surface area contributed by atoms with Crippen LogP contribution in [0.15, 0.2) is 91.0 Å². The summed E-state index contributed by atoms with van der Waals surface area (Å²) in [6.07, 6.45) is -2.51. The van der Waals surface area contributed by atoms with Crippen molar-refractivity contribution < 1.29 is 27.9 Å². The van der Waals surface area contributed by atoms with Gasteiger partial charge in [-0.15, -0.1) is 0 Å². The Balaban J connectivity index is 2.12. The van der Waals surface area contributed by atoms with E-state index >= 15 is 0 Å². The number of anilines is 1. The SMILES string of the molecule is O=C(O)/C=C/c1ccc(N(C(=O)c2ccccc2)C(c2ccccc2)C(F)(F)F)cc1. The van der Waals surface area contributed by atoms with Gasteiger partial charge in [-0.2, -0.15) is 13.2 Å². The lowest BCUT2D eigenvalue weighted by molar-refractivity contribution is -0.149. The van der Waals surface area contributed by atoms with E-state index in [1.54, 1.807) is 24.3 Å². The fraction of sp³-hybridized carbons (Fsp3) is 0.0833. The van der Waals surface area contributed by atoms with Crippen molar-refractivity contribution in [3.63, 3.8) is 0 Å². The van der Waals surface area contributed by atoms with Gasteiger partial charge in [-0.1, -0.05) is 60.7 Å². The van der Waals surface area contributed by atoms with E-state index in [9.17, 15) is 22.8 Å². The average molecular weight is 425 g/mol. The lowest BCUT2D eigenvalue weighted by Gasteiger charge is -2.34. The van der Waals surface area contributed by atoms with E-state index in [1.165, 1.54) is 66.7 Å². The van der Waals surface area contributed by atoms with E-state index in [4.69, 9.17) is 5.11 Å². The number of aliphatic carboxylic acids is 1. The van der Waals surface area contributed by atoms with Gasteiger partial charge in [-0.3, -0.25) is 9.69 Å². The first-order valence-electron chi connectivity index (χ1n) is 9.28. The second-order valence-electron chi connectivity index (χ2n) is 6.66. The van der Waals surface area contributed by atoms with Crippen molar-refractivity contribution in [3.05, 3.63) is 108 Å². The van der Waals surface area contributed by atoms with E-state index in [0.29, 0.717) is 5.56 Å². The van der Waals surface area contributed by atoms with Crippen LogP contribution in [0, 0.1) is 0 Å². The Hall–Kier alpha value is -3.87. The third kappa shape index (κ3) is 5.39. The van der Waals surface area contributed by atoms with Gasteiger partial charge < -0.3 is 5.11 Å². The first-order valence-corrected chi connectivity index (χ1v) is 9.28. The van der Waals surface area contributed by atoms with E-state index < -0.39 is 24.1 Å². The van der Waals surface area contributed by atoms with Crippen LogP contribution in [0.1, 0.15) is 27.5 Å². The first-order chi connectivity index (χ1) is 14.8. The monoisotopic (exact) mass is 425 g/mol. The number of hydrogen-bond acceptors (Lipinski definition) is 2. The predicted octanol–water partition coefficient (Wildman–Crippen LogP) is 5.73. The maximum atomic E-state index is 14.2. The molecule has 0 saturated heterocycles. The number of carboxylic acids is 1. The molecule has 0 bridgehead atoms. The Morgan fingerprint density at radius 1 is 0.839 bits per heavy atom. The average Bonchev–Trinajstić information content (AvgIpc) is 2.76. The molecule has 3 aromatic rings. The van der Waals surface area contributed by atoms with Gasteiger partial charge in [-0.05, 0) is 41.5 Å². The Bertz CT molecular complexity index is 1060. The molecule has 0 aromatic heterocycles. The number of benzene rings is 3. The van der Waals surface area contributed by atoms with Gasteiger partial charge in [0.1, 0.15) is 0 Å². The molecule has 0 heterocycles. The molecule has 1 amide bonds. The molecule has 3 rings (SSSR count). The summed E-state index contributed by atoms with van der Waals surface area (Å²) >= 11 is 0. The quantitative estimate of drug-likeness (QED) is 0.513. The highest BCUT2D eigenvalue weighted by atomic mass is 19.4. The maximum Gasteiger partial charge on any atom is 0.413 e. The van der Waals surface area contributed by atoms with E-state index in [1.807, 2.05) is 0 Å². The van der Waals surface area contributed by atoms with Crippen LogP contribution >= 0.6 is 0 Å². The van der Waals surface area contributed by atoms with Crippen molar-refractivity contribution in [2.75, 3.05) is 4.90 Å². The highest BCUT2D eigenvalue weighted by molar-refractivity contribution is 6.06. The summed E-state index contributed by atoms with van der Waals surface area (Å²) in [4.78, 5) is 24.6. The van der Waals surface area contributed by atoms with Crippen LogP contribution in [0.5, 0.6) is 0 Å². The van der Waals surface area contributed by atoms with Crippen molar-refractivity contribution in [3.8, 4) is 0 Å². The summed E-state index contributed by atoms with van der Waals surface area (Å²) in [6.45, 7) is 0. The van der Waals surface area contributed by atoms with Gasteiger partial charge >= 0.3 is 12.1 Å². The highest BCUT2D eigenvalue weighted by Crippen LogP contribution is 2.41. The molecule has 0 aliphatic heterocycles. The fourth-order valence-corrected chi connectivity index (χ4v) is 3.14. The third-order valence-corrected chi connectivity index (χ3v) is 4.51. The number of rotatable bonds is 6. The molecule has 1 N–H and O–H groups in total. The summed E-state index contributed by atoms with van der Waals surface area (Å²) < 4.78 is 42.7. The minimum Gasteiger partial charge on any atom is -0.478 e. The molecule has 0 aliphatic rings. The van der Waals surface area contributed by atoms with Crippen LogP contribution in [0.2, 0.25) is 0 Å². The van der Waals surface area contributed by atoms with Crippen molar-refractivity contribution in [2.24, 2.45) is 0 Å². The lowest BCUT2D eigenvalue weighted by atomic mass is 10.0. The summed E-state index contributed by atoms with van der Waals surface area (Å²) in [5.41, 5.74) is 0.547. The lowest BCUT2D eigenvalue weighted by Crippen LogP contribution is -2.42. The topological polar surface area (TPSA) is 57.6 Å². The number of halogens is 3. The Morgan fingerprint density at radius 2 is 1.39 bits per heavy atom. The first kappa shape index (κ1) is 21.8. The summed E-state index contributed by atoms with van der Waals surface area (Å²) in [6, 6.07) is 18.4. The van der Waals surface area contributed by atoms with Gasteiger partial charge in [0.15, 0.2) is 6.04 Å². The third-order valence-electron chi connectivity index (χ3n) is 4.51. The number of carbonyl (C=O) groups excluding carboxylic acids is 1. The molecule has 0 saturated carbocycles.